The summed E-state index contributed by atoms with van der Waals surface area (Å²) < 4.78 is 26.0. The number of carbonyl (C=O) groups excluding carboxylic acids is 1. The molecule has 2 aromatic heterocycles. The quantitative estimate of drug-likeness (QED) is 0.281. The van der Waals surface area contributed by atoms with Crippen molar-refractivity contribution in [2.24, 2.45) is 10.9 Å². The Morgan fingerprint density at radius 2 is 1.76 bits per heavy atom. The summed E-state index contributed by atoms with van der Waals surface area (Å²) in [6.45, 7) is 0.470. The number of nitrogens with zero attached hydrogens (tertiary/aromatic N) is 3. The maximum atomic E-state index is 11.7. The van der Waals surface area contributed by atoms with Gasteiger partial charge in [-0.1, -0.05) is 17.4 Å². The molecule has 0 unspecified atom stereocenters. The number of fused-ring (bicyclic) bond motifs is 2. The summed E-state index contributed by atoms with van der Waals surface area (Å²) >= 11 is 1.41. The summed E-state index contributed by atoms with van der Waals surface area (Å²) in [5, 5.41) is 8.91. The Hall–Kier alpha value is -4.00. The molecular weight excluding hydrogens is 474 g/mol. The Balaban J connectivity index is 1.57. The fraction of sp³-hybridized carbons (Fsp3) is 0.0455. The van der Waals surface area contributed by atoms with E-state index in [0.29, 0.717) is 34.4 Å². The maximum Gasteiger partial charge on any atom is 0.248 e. The standard InChI is InChI=1S/C22H19N7O3S2/c23-20(30)13-2-8-18-17(10-13)28-22(26-14-3-5-15(6-4-14)34(25,31)32)29(18)11-12-1-7-16-19(9-12)33-21(24)27-16/h1-10H,11H2,(H2,23,30)(H2,24,27)(H,26,28)(H2,25,31,32). The lowest BCUT2D eigenvalue weighted by molar-refractivity contribution is 0.100. The minimum atomic E-state index is -3.80. The highest BCUT2D eigenvalue weighted by atomic mass is 32.2. The molecule has 7 N–H and O–H groups in total. The van der Waals surface area contributed by atoms with Crippen LogP contribution in [-0.4, -0.2) is 28.9 Å². The number of imidazole rings is 1. The second-order valence-electron chi connectivity index (χ2n) is 7.64. The van der Waals surface area contributed by atoms with E-state index in [-0.39, 0.29) is 4.90 Å². The molecule has 0 aliphatic heterocycles. The number of hydrogen-bond donors (Lipinski definition) is 4. The average molecular weight is 494 g/mol. The molecule has 0 atom stereocenters. The van der Waals surface area contributed by atoms with Gasteiger partial charge in [-0.25, -0.2) is 23.5 Å². The van der Waals surface area contributed by atoms with Crippen molar-refractivity contribution >= 4 is 65.3 Å². The van der Waals surface area contributed by atoms with Crippen molar-refractivity contribution in [3.8, 4) is 0 Å². The zero-order chi connectivity index (χ0) is 24.0. The third-order valence-corrected chi connectivity index (χ3v) is 7.06. The van der Waals surface area contributed by atoms with Crippen molar-refractivity contribution in [1.29, 1.82) is 0 Å². The molecule has 1 amide bonds. The van der Waals surface area contributed by atoms with Crippen molar-refractivity contribution in [2.45, 2.75) is 11.4 Å². The zero-order valence-corrected chi connectivity index (χ0v) is 19.2. The van der Waals surface area contributed by atoms with Crippen LogP contribution in [0.25, 0.3) is 21.3 Å². The highest BCUT2D eigenvalue weighted by molar-refractivity contribution is 7.89. The van der Waals surface area contributed by atoms with E-state index in [9.17, 15) is 13.2 Å². The van der Waals surface area contributed by atoms with Crippen LogP contribution in [0, 0.1) is 0 Å². The zero-order valence-electron chi connectivity index (χ0n) is 17.6. The van der Waals surface area contributed by atoms with Gasteiger partial charge < -0.3 is 21.4 Å². The van der Waals surface area contributed by atoms with E-state index in [1.807, 2.05) is 22.8 Å². The number of primary amides is 1. The van der Waals surface area contributed by atoms with E-state index >= 15 is 0 Å². The molecule has 0 spiro atoms. The van der Waals surface area contributed by atoms with Gasteiger partial charge >= 0.3 is 0 Å². The molecule has 0 saturated heterocycles. The summed E-state index contributed by atoms with van der Waals surface area (Å²) in [6, 6.07) is 17.0. The molecule has 0 aliphatic carbocycles. The fourth-order valence-electron chi connectivity index (χ4n) is 3.66. The van der Waals surface area contributed by atoms with Gasteiger partial charge in [0, 0.05) is 11.3 Å². The van der Waals surface area contributed by atoms with E-state index in [1.165, 1.54) is 23.5 Å². The summed E-state index contributed by atoms with van der Waals surface area (Å²) in [4.78, 5) is 20.6. The Morgan fingerprint density at radius 1 is 1.00 bits per heavy atom. The largest absolute Gasteiger partial charge is 0.375 e. The summed E-state index contributed by atoms with van der Waals surface area (Å²) in [5.74, 6) is -0.0401. The van der Waals surface area contributed by atoms with Gasteiger partial charge in [-0.15, -0.1) is 0 Å². The molecule has 0 fully saturated rings. The normalized spacial score (nSPS) is 11.8. The van der Waals surface area contributed by atoms with E-state index in [0.717, 1.165) is 21.3 Å². The number of amides is 1. The molecule has 172 valence electrons. The number of primary sulfonamides is 1. The number of nitrogen functional groups attached to an aromatic ring is 1. The molecule has 5 aromatic rings. The van der Waals surface area contributed by atoms with Crippen LogP contribution in [0.1, 0.15) is 15.9 Å². The van der Waals surface area contributed by atoms with Crippen LogP contribution >= 0.6 is 11.3 Å². The summed E-state index contributed by atoms with van der Waals surface area (Å²) in [7, 11) is -3.80. The number of nitrogens with one attached hydrogen (secondary N) is 1. The number of sulfonamides is 1. The highest BCUT2D eigenvalue weighted by Crippen LogP contribution is 2.28. The van der Waals surface area contributed by atoms with E-state index < -0.39 is 15.9 Å². The fourth-order valence-corrected chi connectivity index (χ4v) is 4.98. The lowest BCUT2D eigenvalue weighted by Gasteiger charge is -2.12. The number of benzene rings is 3. The minimum Gasteiger partial charge on any atom is -0.375 e. The van der Waals surface area contributed by atoms with Gasteiger partial charge in [0.15, 0.2) is 5.13 Å². The number of aromatic nitrogens is 3. The first-order valence-electron chi connectivity index (χ1n) is 10.0. The second-order valence-corrected chi connectivity index (χ2v) is 10.3. The minimum absolute atomic E-state index is 0.00906. The SMILES string of the molecule is NC(=O)c1ccc2c(c1)nc(Nc1ccc(S(N)(=O)=O)cc1)n2Cc1ccc2nc(N)sc2c1. The van der Waals surface area contributed by atoms with Gasteiger partial charge in [-0.05, 0) is 60.2 Å². The molecule has 0 saturated carbocycles. The third kappa shape index (κ3) is 4.17. The number of anilines is 3. The lowest BCUT2D eigenvalue weighted by Crippen LogP contribution is -2.12. The smallest absolute Gasteiger partial charge is 0.248 e. The van der Waals surface area contributed by atoms with Crippen LogP contribution < -0.4 is 21.9 Å². The van der Waals surface area contributed by atoms with Crippen molar-refractivity contribution < 1.29 is 13.2 Å². The van der Waals surface area contributed by atoms with Crippen molar-refractivity contribution in [1.82, 2.24) is 14.5 Å². The summed E-state index contributed by atoms with van der Waals surface area (Å²) in [5.41, 5.74) is 15.5. The molecule has 12 heteroatoms. The van der Waals surface area contributed by atoms with Crippen molar-refractivity contribution in [3.05, 3.63) is 71.8 Å². The van der Waals surface area contributed by atoms with Crippen LogP contribution in [0.4, 0.5) is 16.8 Å². The topological polar surface area (TPSA) is 172 Å². The molecule has 34 heavy (non-hydrogen) atoms. The maximum absolute atomic E-state index is 11.7. The van der Waals surface area contributed by atoms with E-state index in [4.69, 9.17) is 16.6 Å². The number of hydrogen-bond acceptors (Lipinski definition) is 8. The van der Waals surface area contributed by atoms with Gasteiger partial charge in [-0.2, -0.15) is 0 Å². The first-order valence-corrected chi connectivity index (χ1v) is 12.4. The predicted molar refractivity (Wildman–Crippen MR) is 132 cm³/mol. The van der Waals surface area contributed by atoms with Gasteiger partial charge in [0.05, 0.1) is 32.7 Å². The van der Waals surface area contributed by atoms with Crippen molar-refractivity contribution in [2.75, 3.05) is 11.1 Å². The molecule has 2 heterocycles. The van der Waals surface area contributed by atoms with Crippen molar-refractivity contribution in [3.63, 3.8) is 0 Å². The Bertz CT molecular complexity index is 1670. The third-order valence-electron chi connectivity index (χ3n) is 5.28. The Morgan fingerprint density at radius 3 is 2.47 bits per heavy atom. The Labute approximate surface area is 198 Å². The van der Waals surface area contributed by atoms with Gasteiger partial charge in [0.2, 0.25) is 21.9 Å². The monoisotopic (exact) mass is 493 g/mol. The predicted octanol–water partition coefficient (Wildman–Crippen LogP) is 2.77. The highest BCUT2D eigenvalue weighted by Gasteiger charge is 2.15. The molecule has 3 aromatic carbocycles. The van der Waals surface area contributed by atoms with Crippen LogP contribution in [-0.2, 0) is 16.6 Å². The number of carbonyl (C=O) groups is 1. The van der Waals surface area contributed by atoms with Crippen LogP contribution in [0.15, 0.2) is 65.6 Å². The first-order chi connectivity index (χ1) is 16.2. The number of rotatable bonds is 6. The lowest BCUT2D eigenvalue weighted by atomic mass is 10.2. The number of nitrogens with two attached hydrogens (primary N) is 3. The number of thiazole rings is 1. The average Bonchev–Trinajstić information content (AvgIpc) is 3.32. The van der Waals surface area contributed by atoms with E-state index in [1.54, 1.807) is 30.3 Å². The van der Waals surface area contributed by atoms with Gasteiger partial charge in [-0.3, -0.25) is 4.79 Å². The Kier molecular flexibility index (Phi) is 5.20. The first kappa shape index (κ1) is 21.8. The van der Waals surface area contributed by atoms with Gasteiger partial charge in [0.25, 0.3) is 0 Å². The molecule has 0 radical (unpaired) electrons. The van der Waals surface area contributed by atoms with Crippen LogP contribution in [0.2, 0.25) is 0 Å². The molecule has 10 nitrogen and oxygen atoms in total. The second kappa shape index (κ2) is 8.09. The van der Waals surface area contributed by atoms with Crippen LogP contribution in [0.5, 0.6) is 0 Å². The molecule has 0 bridgehead atoms. The molecular formula is C22H19N7O3S2. The van der Waals surface area contributed by atoms with Crippen LogP contribution in [0.3, 0.4) is 0 Å². The molecule has 5 rings (SSSR count). The molecule has 0 aliphatic rings. The van der Waals surface area contributed by atoms with Gasteiger partial charge in [0.1, 0.15) is 0 Å². The van der Waals surface area contributed by atoms with E-state index in [2.05, 4.69) is 15.3 Å². The summed E-state index contributed by atoms with van der Waals surface area (Å²) in [6.07, 6.45) is 0.